The van der Waals surface area contributed by atoms with Crippen LogP contribution >= 0.6 is 0 Å². The van der Waals surface area contributed by atoms with E-state index in [-0.39, 0.29) is 11.1 Å². The lowest BCUT2D eigenvalue weighted by molar-refractivity contribution is -0.108. The van der Waals surface area contributed by atoms with Gasteiger partial charge in [-0.25, -0.2) is 8.78 Å². The first kappa shape index (κ1) is 11.5. The minimum atomic E-state index is -2.70. The highest BCUT2D eigenvalue weighted by molar-refractivity contribution is 5.78. The van der Waals surface area contributed by atoms with Crippen molar-refractivity contribution in [3.8, 4) is 0 Å². The minimum Gasteiger partial charge on any atom is -0.303 e. The summed E-state index contributed by atoms with van der Waals surface area (Å²) in [5.74, 6) is -0.441. The van der Waals surface area contributed by atoms with E-state index in [1.807, 2.05) is 0 Å². The Morgan fingerprint density at radius 2 is 1.93 bits per heavy atom. The Balaban J connectivity index is 3.21. The average molecular weight is 212 g/mol. The van der Waals surface area contributed by atoms with Crippen LogP contribution in [0.2, 0.25) is 0 Å². The Kier molecular flexibility index (Phi) is 3.66. The molecule has 1 unspecified atom stereocenters. The molecular formula is C11H10F2O2. The van der Waals surface area contributed by atoms with Crippen molar-refractivity contribution in [3.05, 3.63) is 34.9 Å². The molecule has 1 aromatic carbocycles. The second kappa shape index (κ2) is 4.77. The number of aldehydes is 2. The maximum atomic E-state index is 12.5. The quantitative estimate of drug-likeness (QED) is 0.719. The number of alkyl halides is 2. The number of halogens is 2. The molecule has 2 nitrogen and oxygen atoms in total. The van der Waals surface area contributed by atoms with E-state index in [1.165, 1.54) is 18.2 Å². The summed E-state index contributed by atoms with van der Waals surface area (Å²) >= 11 is 0. The third-order valence-electron chi connectivity index (χ3n) is 2.20. The topological polar surface area (TPSA) is 34.1 Å². The zero-order valence-electron chi connectivity index (χ0n) is 8.11. The highest BCUT2D eigenvalue weighted by Gasteiger charge is 2.15. The first-order valence-corrected chi connectivity index (χ1v) is 4.42. The van der Waals surface area contributed by atoms with Crippen LogP contribution < -0.4 is 0 Å². The maximum Gasteiger partial charge on any atom is 0.264 e. The number of carbonyl (C=O) groups is 2. The smallest absolute Gasteiger partial charge is 0.264 e. The van der Waals surface area contributed by atoms with Crippen LogP contribution in [0.15, 0.2) is 18.2 Å². The lowest BCUT2D eigenvalue weighted by Crippen LogP contribution is -1.99. The predicted octanol–water partition coefficient (Wildman–Crippen LogP) is 2.74. The second-order valence-corrected chi connectivity index (χ2v) is 3.23. The van der Waals surface area contributed by atoms with Crippen LogP contribution in [0.25, 0.3) is 0 Å². The maximum absolute atomic E-state index is 12.5. The van der Waals surface area contributed by atoms with E-state index in [4.69, 9.17) is 0 Å². The third kappa shape index (κ3) is 2.46. The van der Waals surface area contributed by atoms with Gasteiger partial charge in [-0.2, -0.15) is 0 Å². The SMILES string of the molecule is CC(C=O)c1ccc(C=O)c(C(F)F)c1. The third-order valence-corrected chi connectivity index (χ3v) is 2.20. The summed E-state index contributed by atoms with van der Waals surface area (Å²) in [6, 6.07) is 4.02. The van der Waals surface area contributed by atoms with Crippen LogP contribution in [0.3, 0.4) is 0 Å². The van der Waals surface area contributed by atoms with Gasteiger partial charge in [-0.1, -0.05) is 19.1 Å². The fraction of sp³-hybridized carbons (Fsp3) is 0.273. The standard InChI is InChI=1S/C11H10F2O2/c1-7(5-14)8-2-3-9(6-15)10(4-8)11(12)13/h2-7,11H,1H3. The molecule has 0 aliphatic rings. The van der Waals surface area contributed by atoms with Crippen LogP contribution in [-0.4, -0.2) is 12.6 Å². The first-order valence-electron chi connectivity index (χ1n) is 4.42. The monoisotopic (exact) mass is 212 g/mol. The number of rotatable bonds is 4. The summed E-state index contributed by atoms with van der Waals surface area (Å²) in [4.78, 5) is 21.0. The Morgan fingerprint density at radius 3 is 2.40 bits per heavy atom. The van der Waals surface area contributed by atoms with Crippen molar-refractivity contribution in [2.75, 3.05) is 0 Å². The largest absolute Gasteiger partial charge is 0.303 e. The lowest BCUT2D eigenvalue weighted by Gasteiger charge is -2.08. The van der Waals surface area contributed by atoms with Crippen LogP contribution in [0.1, 0.15) is 40.8 Å². The van der Waals surface area contributed by atoms with Crippen LogP contribution in [-0.2, 0) is 4.79 Å². The number of carbonyl (C=O) groups excluding carboxylic acids is 2. The van der Waals surface area contributed by atoms with Crippen LogP contribution in [0.4, 0.5) is 8.78 Å². The molecule has 0 bridgehead atoms. The van der Waals surface area contributed by atoms with Gasteiger partial charge in [0.1, 0.15) is 6.29 Å². The number of benzene rings is 1. The van der Waals surface area contributed by atoms with E-state index < -0.39 is 12.3 Å². The fourth-order valence-electron chi connectivity index (χ4n) is 1.25. The molecule has 4 heteroatoms. The minimum absolute atomic E-state index is 0.0353. The molecule has 0 fully saturated rings. The van der Waals surface area contributed by atoms with E-state index in [0.717, 1.165) is 0 Å². The van der Waals surface area contributed by atoms with Gasteiger partial charge in [-0.05, 0) is 11.6 Å². The van der Waals surface area contributed by atoms with Gasteiger partial charge in [0, 0.05) is 17.0 Å². The van der Waals surface area contributed by atoms with E-state index in [9.17, 15) is 18.4 Å². The van der Waals surface area contributed by atoms with Gasteiger partial charge in [-0.15, -0.1) is 0 Å². The summed E-state index contributed by atoms with van der Waals surface area (Å²) in [6.07, 6.45) is -1.65. The van der Waals surface area contributed by atoms with Gasteiger partial charge in [0.15, 0.2) is 6.29 Å². The summed E-state index contributed by atoms with van der Waals surface area (Å²) in [7, 11) is 0. The molecule has 0 amide bonds. The van der Waals surface area contributed by atoms with Gasteiger partial charge in [0.2, 0.25) is 0 Å². The Labute approximate surface area is 85.9 Å². The molecular weight excluding hydrogens is 202 g/mol. The Bertz CT molecular complexity index is 375. The zero-order valence-corrected chi connectivity index (χ0v) is 8.11. The van der Waals surface area contributed by atoms with E-state index >= 15 is 0 Å². The summed E-state index contributed by atoms with van der Waals surface area (Å²) in [6.45, 7) is 1.61. The van der Waals surface area contributed by atoms with E-state index in [2.05, 4.69) is 0 Å². The molecule has 0 saturated heterocycles. The highest BCUT2D eigenvalue weighted by Crippen LogP contribution is 2.25. The molecule has 0 aromatic heterocycles. The van der Waals surface area contributed by atoms with Gasteiger partial charge >= 0.3 is 0 Å². The highest BCUT2D eigenvalue weighted by atomic mass is 19.3. The average Bonchev–Trinajstić information content (AvgIpc) is 2.27. The zero-order chi connectivity index (χ0) is 11.4. The summed E-state index contributed by atoms with van der Waals surface area (Å²) in [5.41, 5.74) is 0.133. The number of hydrogen-bond acceptors (Lipinski definition) is 2. The van der Waals surface area contributed by atoms with Gasteiger partial charge in [-0.3, -0.25) is 4.79 Å². The summed E-state index contributed by atoms with van der Waals surface area (Å²) < 4.78 is 25.0. The molecule has 0 aliphatic carbocycles. The normalized spacial score (nSPS) is 12.5. The van der Waals surface area contributed by atoms with Crippen molar-refractivity contribution in [3.63, 3.8) is 0 Å². The van der Waals surface area contributed by atoms with Crippen molar-refractivity contribution in [2.24, 2.45) is 0 Å². The van der Waals surface area contributed by atoms with Crippen molar-refractivity contribution < 1.29 is 18.4 Å². The van der Waals surface area contributed by atoms with Crippen molar-refractivity contribution in [1.82, 2.24) is 0 Å². The molecule has 1 aromatic rings. The summed E-state index contributed by atoms with van der Waals surface area (Å²) in [5, 5.41) is 0. The molecule has 80 valence electrons. The molecule has 1 atom stereocenters. The molecule has 0 radical (unpaired) electrons. The first-order chi connectivity index (χ1) is 7.10. The molecule has 0 saturated carbocycles. The molecule has 0 heterocycles. The van der Waals surface area contributed by atoms with Gasteiger partial charge in [0.25, 0.3) is 6.43 Å². The van der Waals surface area contributed by atoms with Crippen molar-refractivity contribution in [2.45, 2.75) is 19.3 Å². The van der Waals surface area contributed by atoms with Gasteiger partial charge in [0.05, 0.1) is 0 Å². The molecule has 0 aliphatic heterocycles. The second-order valence-electron chi connectivity index (χ2n) is 3.23. The number of hydrogen-bond donors (Lipinski definition) is 0. The Hall–Kier alpha value is -1.58. The Morgan fingerprint density at radius 1 is 1.27 bits per heavy atom. The fourth-order valence-corrected chi connectivity index (χ4v) is 1.25. The lowest BCUT2D eigenvalue weighted by atomic mass is 9.97. The molecule has 0 N–H and O–H groups in total. The molecule has 15 heavy (non-hydrogen) atoms. The molecule has 1 rings (SSSR count). The van der Waals surface area contributed by atoms with Crippen molar-refractivity contribution >= 4 is 12.6 Å². The van der Waals surface area contributed by atoms with Crippen LogP contribution in [0.5, 0.6) is 0 Å². The van der Waals surface area contributed by atoms with Crippen molar-refractivity contribution in [1.29, 1.82) is 0 Å². The van der Waals surface area contributed by atoms with Gasteiger partial charge < -0.3 is 4.79 Å². The molecule has 0 spiro atoms. The van der Waals surface area contributed by atoms with E-state index in [0.29, 0.717) is 18.1 Å². The predicted molar refractivity (Wildman–Crippen MR) is 51.3 cm³/mol. The van der Waals surface area contributed by atoms with E-state index in [1.54, 1.807) is 6.92 Å². The van der Waals surface area contributed by atoms with Crippen LogP contribution in [0, 0.1) is 0 Å².